The summed E-state index contributed by atoms with van der Waals surface area (Å²) < 4.78 is 58.6. The molecular formula is C20H18F4N4O. The van der Waals surface area contributed by atoms with Crippen molar-refractivity contribution in [3.8, 4) is 5.75 Å². The van der Waals surface area contributed by atoms with E-state index in [4.69, 9.17) is 4.74 Å². The highest BCUT2D eigenvalue weighted by molar-refractivity contribution is 5.63. The van der Waals surface area contributed by atoms with E-state index in [1.54, 1.807) is 24.3 Å². The molecule has 1 aromatic heterocycles. The lowest BCUT2D eigenvalue weighted by molar-refractivity contribution is -0.137. The number of nitrogens with zero attached hydrogens (tertiary/aromatic N) is 2. The summed E-state index contributed by atoms with van der Waals surface area (Å²) in [5.74, 6) is -0.305. The Morgan fingerprint density at radius 3 is 2.07 bits per heavy atom. The summed E-state index contributed by atoms with van der Waals surface area (Å²) in [5.41, 5.74) is -0.171. The molecule has 3 rings (SSSR count). The molecule has 2 aromatic carbocycles. The summed E-state index contributed by atoms with van der Waals surface area (Å²) in [6.07, 6.45) is -3.97. The van der Waals surface area contributed by atoms with E-state index in [-0.39, 0.29) is 12.1 Å². The van der Waals surface area contributed by atoms with Gasteiger partial charge in [0.2, 0.25) is 5.95 Å². The van der Waals surface area contributed by atoms with Gasteiger partial charge in [-0.15, -0.1) is 0 Å². The van der Waals surface area contributed by atoms with E-state index in [0.717, 1.165) is 0 Å². The molecule has 0 bridgehead atoms. The standard InChI is InChI=1S/C20H18F4N4O/c1-12(2)29-16-9-7-14(8-10-16)26-18-17(20(22,23)24)11-25-19(28-18)27-15-5-3-13(21)4-6-15/h3-12H,1-2H3,(H2,25,26,27,28). The molecule has 0 amide bonds. The van der Waals surface area contributed by atoms with E-state index in [1.807, 2.05) is 13.8 Å². The third-order valence-electron chi connectivity index (χ3n) is 3.68. The van der Waals surface area contributed by atoms with Crippen LogP contribution in [0.2, 0.25) is 0 Å². The molecule has 0 spiro atoms. The molecule has 0 aliphatic rings. The number of halogens is 4. The van der Waals surface area contributed by atoms with Crippen molar-refractivity contribution in [2.24, 2.45) is 0 Å². The number of hydrogen-bond acceptors (Lipinski definition) is 5. The van der Waals surface area contributed by atoms with Gasteiger partial charge in [-0.2, -0.15) is 18.2 Å². The maximum absolute atomic E-state index is 13.4. The molecule has 0 saturated carbocycles. The Morgan fingerprint density at radius 2 is 1.48 bits per heavy atom. The monoisotopic (exact) mass is 406 g/mol. The number of ether oxygens (including phenoxy) is 1. The van der Waals surface area contributed by atoms with Crippen LogP contribution in [0.25, 0.3) is 0 Å². The second-order valence-electron chi connectivity index (χ2n) is 6.40. The minimum Gasteiger partial charge on any atom is -0.491 e. The predicted octanol–water partition coefficient (Wildman–Crippen LogP) is 5.91. The molecule has 0 unspecified atom stereocenters. The quantitative estimate of drug-likeness (QED) is 0.499. The van der Waals surface area contributed by atoms with Crippen LogP contribution in [0.3, 0.4) is 0 Å². The molecule has 0 saturated heterocycles. The van der Waals surface area contributed by atoms with Gasteiger partial charge in [-0.05, 0) is 62.4 Å². The Kier molecular flexibility index (Phi) is 5.86. The number of benzene rings is 2. The second-order valence-corrected chi connectivity index (χ2v) is 6.40. The number of aromatic nitrogens is 2. The molecule has 3 aromatic rings. The summed E-state index contributed by atoms with van der Waals surface area (Å²) in [5, 5.41) is 5.42. The van der Waals surface area contributed by atoms with Gasteiger partial charge >= 0.3 is 6.18 Å². The van der Waals surface area contributed by atoms with Crippen molar-refractivity contribution < 1.29 is 22.3 Å². The van der Waals surface area contributed by atoms with E-state index in [0.29, 0.717) is 23.3 Å². The van der Waals surface area contributed by atoms with Gasteiger partial charge in [0, 0.05) is 17.6 Å². The molecule has 152 valence electrons. The lowest BCUT2D eigenvalue weighted by atomic mass is 10.2. The largest absolute Gasteiger partial charge is 0.491 e. The molecule has 5 nitrogen and oxygen atoms in total. The maximum Gasteiger partial charge on any atom is 0.421 e. The number of nitrogens with one attached hydrogen (secondary N) is 2. The zero-order valence-electron chi connectivity index (χ0n) is 15.6. The second kappa shape index (κ2) is 8.34. The Balaban J connectivity index is 1.87. The zero-order chi connectivity index (χ0) is 21.0. The van der Waals surface area contributed by atoms with Crippen molar-refractivity contribution in [2.45, 2.75) is 26.1 Å². The minimum absolute atomic E-state index is 0.0207. The van der Waals surface area contributed by atoms with Gasteiger partial charge < -0.3 is 15.4 Å². The van der Waals surface area contributed by atoms with Crippen molar-refractivity contribution in [1.29, 1.82) is 0 Å². The molecular weight excluding hydrogens is 388 g/mol. The molecule has 0 aliphatic carbocycles. The van der Waals surface area contributed by atoms with Gasteiger partial charge in [-0.3, -0.25) is 0 Å². The Labute approximate surface area is 164 Å². The highest BCUT2D eigenvalue weighted by atomic mass is 19.4. The van der Waals surface area contributed by atoms with E-state index in [2.05, 4.69) is 20.6 Å². The molecule has 0 aliphatic heterocycles. The third kappa shape index (κ3) is 5.56. The lowest BCUT2D eigenvalue weighted by Gasteiger charge is -2.15. The van der Waals surface area contributed by atoms with Crippen molar-refractivity contribution in [1.82, 2.24) is 9.97 Å². The first-order chi connectivity index (χ1) is 13.7. The van der Waals surface area contributed by atoms with Gasteiger partial charge in [-0.25, -0.2) is 9.37 Å². The molecule has 0 radical (unpaired) electrons. The Bertz CT molecular complexity index is 958. The summed E-state index contributed by atoms with van der Waals surface area (Å²) in [6, 6.07) is 11.8. The van der Waals surface area contributed by atoms with Gasteiger partial charge in [0.1, 0.15) is 22.9 Å². The minimum atomic E-state index is -4.64. The van der Waals surface area contributed by atoms with Gasteiger partial charge in [0.25, 0.3) is 0 Å². The SMILES string of the molecule is CC(C)Oc1ccc(Nc2nc(Nc3ccc(F)cc3)ncc2C(F)(F)F)cc1. The normalized spacial score (nSPS) is 11.4. The van der Waals surface area contributed by atoms with Gasteiger partial charge in [0.05, 0.1) is 6.10 Å². The lowest BCUT2D eigenvalue weighted by Crippen LogP contribution is -2.12. The van der Waals surface area contributed by atoms with Crippen LogP contribution in [-0.4, -0.2) is 16.1 Å². The van der Waals surface area contributed by atoms with Crippen LogP contribution in [0.5, 0.6) is 5.75 Å². The first-order valence-electron chi connectivity index (χ1n) is 8.71. The van der Waals surface area contributed by atoms with Crippen molar-refractivity contribution >= 4 is 23.1 Å². The fourth-order valence-electron chi connectivity index (χ4n) is 2.43. The highest BCUT2D eigenvalue weighted by Crippen LogP contribution is 2.35. The van der Waals surface area contributed by atoms with Crippen LogP contribution in [0, 0.1) is 5.82 Å². The van der Waals surface area contributed by atoms with Crippen LogP contribution in [0.1, 0.15) is 19.4 Å². The fourth-order valence-corrected chi connectivity index (χ4v) is 2.43. The van der Waals surface area contributed by atoms with Crippen LogP contribution in [0.4, 0.5) is 40.7 Å². The van der Waals surface area contributed by atoms with Gasteiger partial charge in [0.15, 0.2) is 0 Å². The van der Waals surface area contributed by atoms with E-state index in [9.17, 15) is 17.6 Å². The zero-order valence-corrected chi connectivity index (χ0v) is 15.6. The Hall–Kier alpha value is -3.36. The third-order valence-corrected chi connectivity index (χ3v) is 3.68. The topological polar surface area (TPSA) is 59.1 Å². The van der Waals surface area contributed by atoms with Crippen molar-refractivity contribution in [3.05, 3.63) is 66.1 Å². The number of hydrogen-bond donors (Lipinski definition) is 2. The first-order valence-corrected chi connectivity index (χ1v) is 8.71. The van der Waals surface area contributed by atoms with Crippen LogP contribution in [0.15, 0.2) is 54.7 Å². The summed E-state index contributed by atoms with van der Waals surface area (Å²) in [4.78, 5) is 7.66. The van der Waals surface area contributed by atoms with Crippen LogP contribution >= 0.6 is 0 Å². The molecule has 1 heterocycles. The van der Waals surface area contributed by atoms with Crippen LogP contribution in [-0.2, 0) is 6.18 Å². The Morgan fingerprint density at radius 1 is 0.897 bits per heavy atom. The average Bonchev–Trinajstić information content (AvgIpc) is 2.64. The fraction of sp³-hybridized carbons (Fsp3) is 0.200. The van der Waals surface area contributed by atoms with E-state index >= 15 is 0 Å². The summed E-state index contributed by atoms with van der Waals surface area (Å²) in [7, 11) is 0. The predicted molar refractivity (Wildman–Crippen MR) is 102 cm³/mol. The molecule has 2 N–H and O–H groups in total. The van der Waals surface area contributed by atoms with Gasteiger partial charge in [-0.1, -0.05) is 0 Å². The number of alkyl halides is 3. The molecule has 0 fully saturated rings. The molecule has 0 atom stereocenters. The first kappa shape index (κ1) is 20.4. The summed E-state index contributed by atoms with van der Waals surface area (Å²) in [6.45, 7) is 3.75. The smallest absolute Gasteiger partial charge is 0.421 e. The van der Waals surface area contributed by atoms with Crippen molar-refractivity contribution in [2.75, 3.05) is 10.6 Å². The average molecular weight is 406 g/mol. The maximum atomic E-state index is 13.4. The highest BCUT2D eigenvalue weighted by Gasteiger charge is 2.35. The number of anilines is 4. The summed E-state index contributed by atoms with van der Waals surface area (Å²) >= 11 is 0. The molecule has 29 heavy (non-hydrogen) atoms. The molecule has 9 heteroatoms. The van der Waals surface area contributed by atoms with Crippen LogP contribution < -0.4 is 15.4 Å². The number of rotatable bonds is 6. The van der Waals surface area contributed by atoms with Crippen molar-refractivity contribution in [3.63, 3.8) is 0 Å². The van der Waals surface area contributed by atoms with E-state index in [1.165, 1.54) is 24.3 Å². The van der Waals surface area contributed by atoms with E-state index < -0.39 is 23.4 Å².